The SMILES string of the molecule is CCCC1(OS(C)(=O)=O)CO1. The van der Waals surface area contributed by atoms with Crippen LogP contribution in [0.1, 0.15) is 19.8 Å². The fourth-order valence-electron chi connectivity index (χ4n) is 0.971. The minimum atomic E-state index is -3.37. The number of hydrogen-bond acceptors (Lipinski definition) is 4. The zero-order valence-corrected chi connectivity index (χ0v) is 7.48. The van der Waals surface area contributed by atoms with Crippen LogP contribution in [0.2, 0.25) is 0 Å². The first-order valence-electron chi connectivity index (χ1n) is 3.52. The molecule has 5 heteroatoms. The van der Waals surface area contributed by atoms with E-state index in [2.05, 4.69) is 0 Å². The van der Waals surface area contributed by atoms with E-state index in [0.29, 0.717) is 13.0 Å². The molecule has 1 fully saturated rings. The first kappa shape index (κ1) is 8.96. The Kier molecular flexibility index (Phi) is 2.22. The van der Waals surface area contributed by atoms with E-state index in [1.807, 2.05) is 6.92 Å². The molecule has 1 saturated heterocycles. The second-order valence-electron chi connectivity index (χ2n) is 2.74. The zero-order valence-electron chi connectivity index (χ0n) is 6.66. The van der Waals surface area contributed by atoms with Gasteiger partial charge in [0.05, 0.1) is 6.26 Å². The minimum absolute atomic E-state index is 0.397. The van der Waals surface area contributed by atoms with Crippen molar-refractivity contribution in [2.75, 3.05) is 12.9 Å². The normalized spacial score (nSPS) is 30.4. The van der Waals surface area contributed by atoms with Crippen molar-refractivity contribution in [3.8, 4) is 0 Å². The van der Waals surface area contributed by atoms with E-state index in [1.54, 1.807) is 0 Å². The fourth-order valence-corrected chi connectivity index (χ4v) is 1.70. The lowest BCUT2D eigenvalue weighted by Gasteiger charge is -2.08. The van der Waals surface area contributed by atoms with Gasteiger partial charge in [-0.1, -0.05) is 13.3 Å². The molecule has 0 saturated carbocycles. The summed E-state index contributed by atoms with van der Waals surface area (Å²) in [6.07, 6.45) is 2.53. The van der Waals surface area contributed by atoms with Gasteiger partial charge in [0.2, 0.25) is 5.79 Å². The average molecular weight is 180 g/mol. The molecule has 0 bridgehead atoms. The van der Waals surface area contributed by atoms with Crippen molar-refractivity contribution in [3.05, 3.63) is 0 Å². The second kappa shape index (κ2) is 2.73. The van der Waals surface area contributed by atoms with Crippen LogP contribution in [0.15, 0.2) is 0 Å². The van der Waals surface area contributed by atoms with E-state index in [9.17, 15) is 8.42 Å². The van der Waals surface area contributed by atoms with Crippen LogP contribution in [0.4, 0.5) is 0 Å². The van der Waals surface area contributed by atoms with Gasteiger partial charge in [-0.25, -0.2) is 4.18 Å². The van der Waals surface area contributed by atoms with Crippen LogP contribution in [0.3, 0.4) is 0 Å². The van der Waals surface area contributed by atoms with Crippen LogP contribution >= 0.6 is 0 Å². The lowest BCUT2D eigenvalue weighted by molar-refractivity contribution is 0.0611. The predicted octanol–water partition coefficient (Wildman–Crippen LogP) is 0.489. The number of rotatable bonds is 4. The van der Waals surface area contributed by atoms with Gasteiger partial charge in [-0.15, -0.1) is 0 Å². The summed E-state index contributed by atoms with van der Waals surface area (Å²) in [5.74, 6) is -0.803. The molecular formula is C6H12O4S. The number of epoxide rings is 1. The summed E-state index contributed by atoms with van der Waals surface area (Å²) in [5, 5.41) is 0. The van der Waals surface area contributed by atoms with Crippen LogP contribution in [-0.2, 0) is 19.0 Å². The predicted molar refractivity (Wildman–Crippen MR) is 39.5 cm³/mol. The number of ether oxygens (including phenoxy) is 1. The summed E-state index contributed by atoms with van der Waals surface area (Å²) < 4.78 is 31.0. The fraction of sp³-hybridized carbons (Fsp3) is 1.00. The molecule has 0 aromatic rings. The van der Waals surface area contributed by atoms with Crippen molar-refractivity contribution in [2.24, 2.45) is 0 Å². The molecule has 0 aromatic carbocycles. The summed E-state index contributed by atoms with van der Waals surface area (Å²) in [7, 11) is -3.37. The standard InChI is InChI=1S/C6H12O4S/c1-3-4-6(5-9-6)10-11(2,7)8/h3-5H2,1-2H3. The zero-order chi connectivity index (χ0) is 8.54. The van der Waals surface area contributed by atoms with E-state index in [-0.39, 0.29) is 0 Å². The highest BCUT2D eigenvalue weighted by atomic mass is 32.2. The van der Waals surface area contributed by atoms with E-state index in [4.69, 9.17) is 8.92 Å². The Bertz CT molecular complexity index is 227. The number of hydrogen-bond donors (Lipinski definition) is 0. The summed E-state index contributed by atoms with van der Waals surface area (Å²) in [6, 6.07) is 0. The molecule has 1 rings (SSSR count). The average Bonchev–Trinajstić information content (AvgIpc) is 2.44. The summed E-state index contributed by atoms with van der Waals surface area (Å²) in [5.41, 5.74) is 0. The van der Waals surface area contributed by atoms with Gasteiger partial charge in [-0.2, -0.15) is 8.42 Å². The molecule has 1 aliphatic rings. The molecule has 0 aliphatic carbocycles. The van der Waals surface area contributed by atoms with Crippen LogP contribution in [-0.4, -0.2) is 27.1 Å². The highest BCUT2D eigenvalue weighted by Crippen LogP contribution is 2.34. The smallest absolute Gasteiger partial charge is 0.267 e. The van der Waals surface area contributed by atoms with Gasteiger partial charge < -0.3 is 4.74 Å². The van der Waals surface area contributed by atoms with E-state index < -0.39 is 15.9 Å². The Labute approximate surface area is 66.6 Å². The molecule has 4 nitrogen and oxygen atoms in total. The topological polar surface area (TPSA) is 55.9 Å². The van der Waals surface area contributed by atoms with Crippen LogP contribution in [0.5, 0.6) is 0 Å². The molecule has 1 aliphatic heterocycles. The summed E-state index contributed by atoms with van der Waals surface area (Å²) in [4.78, 5) is 0. The first-order valence-corrected chi connectivity index (χ1v) is 5.34. The van der Waals surface area contributed by atoms with Crippen LogP contribution < -0.4 is 0 Å². The van der Waals surface area contributed by atoms with Gasteiger partial charge in [0.25, 0.3) is 10.1 Å². The summed E-state index contributed by atoms with van der Waals surface area (Å²) in [6.45, 7) is 2.35. The van der Waals surface area contributed by atoms with Gasteiger partial charge in [0.15, 0.2) is 0 Å². The Balaban J connectivity index is 2.48. The Morgan fingerprint density at radius 3 is 2.45 bits per heavy atom. The maximum Gasteiger partial charge on any atom is 0.267 e. The van der Waals surface area contributed by atoms with E-state index in [0.717, 1.165) is 12.7 Å². The molecule has 1 atom stereocenters. The lowest BCUT2D eigenvalue weighted by Crippen LogP contribution is -2.20. The van der Waals surface area contributed by atoms with Gasteiger partial charge in [-0.3, -0.25) is 0 Å². The molecule has 0 radical (unpaired) electrons. The van der Waals surface area contributed by atoms with E-state index >= 15 is 0 Å². The van der Waals surface area contributed by atoms with Crippen LogP contribution in [0.25, 0.3) is 0 Å². The quantitative estimate of drug-likeness (QED) is 0.466. The molecule has 1 unspecified atom stereocenters. The minimum Gasteiger partial charge on any atom is -0.341 e. The van der Waals surface area contributed by atoms with Crippen LogP contribution in [0, 0.1) is 0 Å². The first-order chi connectivity index (χ1) is 4.97. The molecule has 1 heterocycles. The molecule has 0 aromatic heterocycles. The molecule has 0 spiro atoms. The molecule has 66 valence electrons. The third-order valence-corrected chi connectivity index (χ3v) is 2.01. The highest BCUT2D eigenvalue weighted by molar-refractivity contribution is 7.86. The van der Waals surface area contributed by atoms with Gasteiger partial charge >= 0.3 is 0 Å². The second-order valence-corrected chi connectivity index (χ2v) is 4.31. The van der Waals surface area contributed by atoms with Crippen molar-refractivity contribution in [1.29, 1.82) is 0 Å². The Hall–Kier alpha value is -0.130. The molecule has 11 heavy (non-hydrogen) atoms. The molecule has 0 amide bonds. The lowest BCUT2D eigenvalue weighted by atomic mass is 10.2. The maximum absolute atomic E-state index is 10.7. The largest absolute Gasteiger partial charge is 0.341 e. The maximum atomic E-state index is 10.7. The highest BCUT2D eigenvalue weighted by Gasteiger charge is 2.48. The Morgan fingerprint density at radius 1 is 1.64 bits per heavy atom. The third kappa shape index (κ3) is 2.76. The van der Waals surface area contributed by atoms with Crippen molar-refractivity contribution >= 4 is 10.1 Å². The van der Waals surface area contributed by atoms with Crippen molar-refractivity contribution < 1.29 is 17.3 Å². The molecular weight excluding hydrogens is 168 g/mol. The third-order valence-electron chi connectivity index (χ3n) is 1.40. The van der Waals surface area contributed by atoms with Gasteiger partial charge in [-0.05, 0) is 0 Å². The monoisotopic (exact) mass is 180 g/mol. The van der Waals surface area contributed by atoms with Crippen molar-refractivity contribution in [3.63, 3.8) is 0 Å². The van der Waals surface area contributed by atoms with Crippen molar-refractivity contribution in [1.82, 2.24) is 0 Å². The van der Waals surface area contributed by atoms with Gasteiger partial charge in [0.1, 0.15) is 6.61 Å². The molecule has 0 N–H and O–H groups in total. The summed E-state index contributed by atoms with van der Waals surface area (Å²) >= 11 is 0. The van der Waals surface area contributed by atoms with Gasteiger partial charge in [0, 0.05) is 6.42 Å². The Morgan fingerprint density at radius 2 is 2.18 bits per heavy atom. The van der Waals surface area contributed by atoms with E-state index in [1.165, 1.54) is 0 Å². The van der Waals surface area contributed by atoms with Crippen molar-refractivity contribution in [2.45, 2.75) is 25.6 Å².